The zero-order valence-corrected chi connectivity index (χ0v) is 20.7. The van der Waals surface area contributed by atoms with E-state index in [1.807, 2.05) is 0 Å². The molecule has 12 heteroatoms. The Kier molecular flexibility index (Phi) is 7.49. The summed E-state index contributed by atoms with van der Waals surface area (Å²) in [7, 11) is 0. The van der Waals surface area contributed by atoms with Crippen molar-refractivity contribution in [1.82, 2.24) is 15.0 Å². The standard InChI is InChI=1S/C24H23Cl2F3N4O3/c1-2-24(28,29)17-4-3-15(10-18(17)25)31-22(35)33-7-5-23(27,6-8-33)21-19(26)9-14(12-30-21)20-11-16(13-34)36-32-20/h3-4,9-12,34H,2,5-8,13H2,1H3,(H,31,35). The fourth-order valence-electron chi connectivity index (χ4n) is 4.01. The van der Waals surface area contributed by atoms with Crippen LogP contribution in [-0.2, 0) is 18.2 Å². The van der Waals surface area contributed by atoms with E-state index in [0.29, 0.717) is 11.3 Å². The number of carbonyl (C=O) groups is 1. The molecule has 36 heavy (non-hydrogen) atoms. The summed E-state index contributed by atoms with van der Waals surface area (Å²) in [5.41, 5.74) is -0.908. The van der Waals surface area contributed by atoms with Gasteiger partial charge < -0.3 is 19.8 Å². The maximum Gasteiger partial charge on any atom is 0.321 e. The Morgan fingerprint density at radius 1 is 1.22 bits per heavy atom. The van der Waals surface area contributed by atoms with Crippen molar-refractivity contribution >= 4 is 34.9 Å². The minimum atomic E-state index is -3.07. The maximum absolute atomic E-state index is 15.8. The molecule has 1 fully saturated rings. The maximum atomic E-state index is 15.8. The number of carbonyl (C=O) groups excluding carboxylic acids is 1. The van der Waals surface area contributed by atoms with E-state index in [1.54, 1.807) is 0 Å². The van der Waals surface area contributed by atoms with Crippen molar-refractivity contribution in [2.45, 2.75) is 44.4 Å². The first-order valence-electron chi connectivity index (χ1n) is 11.2. The van der Waals surface area contributed by atoms with Crippen LogP contribution in [0.5, 0.6) is 0 Å². The van der Waals surface area contributed by atoms with Gasteiger partial charge in [-0.2, -0.15) is 0 Å². The molecular weight excluding hydrogens is 520 g/mol. The number of anilines is 1. The number of benzene rings is 1. The summed E-state index contributed by atoms with van der Waals surface area (Å²) in [4.78, 5) is 18.3. The van der Waals surface area contributed by atoms with Crippen molar-refractivity contribution in [3.05, 3.63) is 63.6 Å². The van der Waals surface area contributed by atoms with Crippen molar-refractivity contribution in [2.75, 3.05) is 18.4 Å². The number of pyridine rings is 1. The first-order chi connectivity index (χ1) is 17.1. The number of amides is 2. The second-order valence-electron chi connectivity index (χ2n) is 8.53. The Balaban J connectivity index is 1.40. The van der Waals surface area contributed by atoms with Crippen LogP contribution in [-0.4, -0.2) is 39.3 Å². The number of rotatable bonds is 6. The summed E-state index contributed by atoms with van der Waals surface area (Å²) in [6.45, 7) is 1.22. The van der Waals surface area contributed by atoms with Crippen LogP contribution in [0.2, 0.25) is 10.0 Å². The first-order valence-corrected chi connectivity index (χ1v) is 12.0. The lowest BCUT2D eigenvalue weighted by Crippen LogP contribution is -2.45. The lowest BCUT2D eigenvalue weighted by molar-refractivity contribution is -0.00815. The van der Waals surface area contributed by atoms with Gasteiger partial charge in [-0.1, -0.05) is 35.3 Å². The molecule has 1 saturated heterocycles. The molecule has 0 radical (unpaired) electrons. The highest BCUT2D eigenvalue weighted by Gasteiger charge is 2.40. The largest absolute Gasteiger partial charge is 0.388 e. The highest BCUT2D eigenvalue weighted by molar-refractivity contribution is 6.32. The number of likely N-dealkylation sites (tertiary alicyclic amines) is 1. The summed E-state index contributed by atoms with van der Waals surface area (Å²) in [5.74, 6) is -2.79. The minimum absolute atomic E-state index is 0.0342. The summed E-state index contributed by atoms with van der Waals surface area (Å²) in [6.07, 6.45) is 0.959. The van der Waals surface area contributed by atoms with Crippen molar-refractivity contribution < 1.29 is 27.6 Å². The van der Waals surface area contributed by atoms with Crippen molar-refractivity contribution in [2.24, 2.45) is 0 Å². The zero-order valence-electron chi connectivity index (χ0n) is 19.2. The number of aliphatic hydroxyl groups excluding tert-OH is 1. The van der Waals surface area contributed by atoms with Gasteiger partial charge in [0, 0.05) is 61.4 Å². The van der Waals surface area contributed by atoms with Crippen LogP contribution in [0.3, 0.4) is 0 Å². The molecule has 1 aromatic carbocycles. The quantitative estimate of drug-likeness (QED) is 0.369. The molecule has 0 spiro atoms. The predicted molar refractivity (Wildman–Crippen MR) is 129 cm³/mol. The summed E-state index contributed by atoms with van der Waals surface area (Å²) in [5, 5.41) is 15.5. The van der Waals surface area contributed by atoms with E-state index in [4.69, 9.17) is 32.8 Å². The number of halogens is 5. The molecule has 0 atom stereocenters. The van der Waals surface area contributed by atoms with Gasteiger partial charge in [-0.15, -0.1) is 0 Å². The molecule has 2 amide bonds. The van der Waals surface area contributed by atoms with E-state index in [9.17, 15) is 13.6 Å². The fourth-order valence-corrected chi connectivity index (χ4v) is 4.67. The molecule has 3 aromatic rings. The molecule has 1 aliphatic heterocycles. The predicted octanol–water partition coefficient (Wildman–Crippen LogP) is 6.53. The van der Waals surface area contributed by atoms with Crippen LogP contribution < -0.4 is 5.32 Å². The van der Waals surface area contributed by atoms with E-state index >= 15 is 4.39 Å². The number of aliphatic hydroxyl groups is 1. The molecule has 7 nitrogen and oxygen atoms in total. The van der Waals surface area contributed by atoms with Crippen LogP contribution in [0.15, 0.2) is 41.1 Å². The van der Waals surface area contributed by atoms with Crippen LogP contribution >= 0.6 is 23.2 Å². The van der Waals surface area contributed by atoms with Gasteiger partial charge in [0.25, 0.3) is 5.92 Å². The fraction of sp³-hybridized carbons (Fsp3) is 0.375. The molecule has 4 rings (SSSR count). The smallest absolute Gasteiger partial charge is 0.321 e. The number of nitrogens with one attached hydrogen (secondary N) is 1. The summed E-state index contributed by atoms with van der Waals surface area (Å²) < 4.78 is 48.7. The number of nitrogens with zero attached hydrogens (tertiary/aromatic N) is 3. The van der Waals surface area contributed by atoms with E-state index in [0.717, 1.165) is 0 Å². The second kappa shape index (κ2) is 10.3. The number of urea groups is 1. The van der Waals surface area contributed by atoms with Crippen molar-refractivity contribution in [3.63, 3.8) is 0 Å². The van der Waals surface area contributed by atoms with Gasteiger partial charge in [0.1, 0.15) is 12.3 Å². The average Bonchev–Trinajstić information content (AvgIpc) is 3.33. The minimum Gasteiger partial charge on any atom is -0.388 e. The Labute approximate surface area is 215 Å². The normalized spacial score (nSPS) is 15.7. The number of aromatic nitrogens is 2. The Morgan fingerprint density at radius 2 is 1.94 bits per heavy atom. The van der Waals surface area contributed by atoms with Gasteiger partial charge in [0.15, 0.2) is 11.4 Å². The third-order valence-electron chi connectivity index (χ3n) is 6.18. The van der Waals surface area contributed by atoms with Gasteiger partial charge in [0.2, 0.25) is 0 Å². The molecule has 192 valence electrons. The Bertz CT molecular complexity index is 1260. The number of alkyl halides is 3. The third-order valence-corrected chi connectivity index (χ3v) is 6.78. The van der Waals surface area contributed by atoms with Crippen molar-refractivity contribution in [3.8, 4) is 11.3 Å². The zero-order chi connectivity index (χ0) is 26.1. The summed E-state index contributed by atoms with van der Waals surface area (Å²) in [6, 6.07) is 6.37. The van der Waals surface area contributed by atoms with Gasteiger partial charge in [-0.25, -0.2) is 18.0 Å². The molecule has 2 aromatic heterocycles. The van der Waals surface area contributed by atoms with Crippen LogP contribution in [0.4, 0.5) is 23.7 Å². The van der Waals surface area contributed by atoms with Crippen LogP contribution in [0.1, 0.15) is 43.2 Å². The monoisotopic (exact) mass is 542 g/mol. The molecule has 2 N–H and O–H groups in total. The third kappa shape index (κ3) is 5.30. The first kappa shape index (κ1) is 26.2. The van der Waals surface area contributed by atoms with E-state index in [-0.39, 0.29) is 65.3 Å². The van der Waals surface area contributed by atoms with Crippen LogP contribution in [0.25, 0.3) is 11.3 Å². The van der Waals surface area contributed by atoms with Gasteiger partial charge in [-0.3, -0.25) is 4.98 Å². The molecular formula is C24H23Cl2F3N4O3. The average molecular weight is 543 g/mol. The van der Waals surface area contributed by atoms with E-state index in [2.05, 4.69) is 15.5 Å². The molecule has 0 saturated carbocycles. The number of piperidine rings is 1. The number of hydrogen-bond donors (Lipinski definition) is 2. The topological polar surface area (TPSA) is 91.5 Å². The lowest BCUT2D eigenvalue weighted by Gasteiger charge is -2.36. The lowest BCUT2D eigenvalue weighted by atomic mass is 9.89. The molecule has 0 unspecified atom stereocenters. The molecule has 0 bridgehead atoms. The van der Waals surface area contributed by atoms with E-state index < -0.39 is 24.0 Å². The van der Waals surface area contributed by atoms with Gasteiger partial charge in [-0.05, 0) is 24.3 Å². The van der Waals surface area contributed by atoms with Crippen LogP contribution in [0, 0.1) is 0 Å². The van der Waals surface area contributed by atoms with Gasteiger partial charge >= 0.3 is 6.03 Å². The highest BCUT2D eigenvalue weighted by Crippen LogP contribution is 2.41. The second-order valence-corrected chi connectivity index (χ2v) is 9.34. The Morgan fingerprint density at radius 3 is 2.53 bits per heavy atom. The van der Waals surface area contributed by atoms with E-state index in [1.165, 1.54) is 48.4 Å². The number of hydrogen-bond acceptors (Lipinski definition) is 5. The highest BCUT2D eigenvalue weighted by atomic mass is 35.5. The van der Waals surface area contributed by atoms with Gasteiger partial charge in [0.05, 0.1) is 15.7 Å². The summed E-state index contributed by atoms with van der Waals surface area (Å²) >= 11 is 12.4. The molecule has 1 aliphatic rings. The van der Waals surface area contributed by atoms with Crippen molar-refractivity contribution in [1.29, 1.82) is 0 Å². The SMILES string of the molecule is CCC(F)(F)c1ccc(NC(=O)N2CCC(F)(c3ncc(-c4cc(CO)on4)cc3Cl)CC2)cc1Cl. The molecule has 0 aliphatic carbocycles. The Hall–Kier alpha value is -2.82. The molecule has 3 heterocycles.